The van der Waals surface area contributed by atoms with Gasteiger partial charge in [-0.05, 0) is 26.8 Å². The average molecular weight is 292 g/mol. The van der Waals surface area contributed by atoms with Crippen LogP contribution in [0.25, 0.3) is 0 Å². The number of nitrogens with zero attached hydrogens (tertiary/aromatic N) is 1. The predicted octanol–water partition coefficient (Wildman–Crippen LogP) is 3.10. The summed E-state index contributed by atoms with van der Waals surface area (Å²) in [6.07, 6.45) is 2.09. The molecule has 0 spiro atoms. The van der Waals surface area contributed by atoms with Crippen LogP contribution >= 0.6 is 0 Å². The van der Waals surface area contributed by atoms with Gasteiger partial charge in [-0.15, -0.1) is 0 Å². The SMILES string of the molecule is CC1CN(CCC[Si](C)(C)c2ccccc2)CC(C)O1. The second kappa shape index (κ2) is 6.88. The van der Waals surface area contributed by atoms with E-state index in [9.17, 15) is 0 Å². The van der Waals surface area contributed by atoms with Crippen molar-refractivity contribution in [2.75, 3.05) is 19.6 Å². The van der Waals surface area contributed by atoms with E-state index in [4.69, 9.17) is 4.74 Å². The third kappa shape index (κ3) is 4.44. The minimum Gasteiger partial charge on any atom is -0.373 e. The van der Waals surface area contributed by atoms with Gasteiger partial charge in [0.2, 0.25) is 0 Å². The van der Waals surface area contributed by atoms with Gasteiger partial charge in [0, 0.05) is 13.1 Å². The molecule has 1 aliphatic rings. The van der Waals surface area contributed by atoms with Crippen LogP contribution < -0.4 is 5.19 Å². The zero-order valence-corrected chi connectivity index (χ0v) is 14.4. The van der Waals surface area contributed by atoms with Crippen LogP contribution in [0.2, 0.25) is 19.1 Å². The molecule has 0 bridgehead atoms. The Labute approximate surface area is 125 Å². The second-order valence-corrected chi connectivity index (χ2v) is 11.7. The number of hydrogen-bond acceptors (Lipinski definition) is 2. The zero-order valence-electron chi connectivity index (χ0n) is 13.4. The average Bonchev–Trinajstić information content (AvgIpc) is 2.38. The molecule has 1 aromatic rings. The number of ether oxygens (including phenoxy) is 1. The molecule has 0 radical (unpaired) electrons. The standard InChI is InChI=1S/C17H29NOSi/c1-15-13-18(14-16(2)19-15)11-8-12-20(3,4)17-9-6-5-7-10-17/h5-7,9-10,15-16H,8,11-14H2,1-4H3. The highest BCUT2D eigenvalue weighted by Crippen LogP contribution is 2.15. The lowest BCUT2D eigenvalue weighted by molar-refractivity contribution is -0.0677. The first-order valence-corrected chi connectivity index (χ1v) is 11.1. The van der Waals surface area contributed by atoms with Gasteiger partial charge < -0.3 is 4.74 Å². The molecule has 1 saturated heterocycles. The number of benzene rings is 1. The minimum absolute atomic E-state index is 0.387. The quantitative estimate of drug-likeness (QED) is 0.773. The maximum atomic E-state index is 5.80. The molecule has 0 aromatic heterocycles. The van der Waals surface area contributed by atoms with Crippen molar-refractivity contribution in [1.29, 1.82) is 0 Å². The molecule has 0 amide bonds. The fourth-order valence-corrected chi connectivity index (χ4v) is 5.67. The van der Waals surface area contributed by atoms with Crippen molar-refractivity contribution in [2.24, 2.45) is 0 Å². The lowest BCUT2D eigenvalue weighted by atomic mass is 10.2. The van der Waals surface area contributed by atoms with Gasteiger partial charge >= 0.3 is 0 Å². The summed E-state index contributed by atoms with van der Waals surface area (Å²) in [4.78, 5) is 2.58. The molecule has 2 nitrogen and oxygen atoms in total. The molecule has 1 aliphatic heterocycles. The van der Waals surface area contributed by atoms with Gasteiger partial charge in [-0.25, -0.2) is 0 Å². The van der Waals surface area contributed by atoms with E-state index in [1.165, 1.54) is 19.0 Å². The van der Waals surface area contributed by atoms with Crippen LogP contribution in [-0.2, 0) is 4.74 Å². The molecule has 2 atom stereocenters. The summed E-state index contributed by atoms with van der Waals surface area (Å²) in [6.45, 7) is 12.8. The molecular weight excluding hydrogens is 262 g/mol. The predicted molar refractivity (Wildman–Crippen MR) is 89.4 cm³/mol. The first kappa shape index (κ1) is 15.7. The zero-order chi connectivity index (χ0) is 14.6. The molecule has 0 aliphatic carbocycles. The molecule has 1 aromatic carbocycles. The fourth-order valence-electron chi connectivity index (χ4n) is 3.25. The smallest absolute Gasteiger partial charge is 0.0806 e. The van der Waals surface area contributed by atoms with Crippen LogP contribution in [0, 0.1) is 0 Å². The molecule has 2 unspecified atom stereocenters. The third-order valence-corrected chi connectivity index (χ3v) is 7.83. The van der Waals surface area contributed by atoms with E-state index in [0.717, 1.165) is 13.1 Å². The van der Waals surface area contributed by atoms with Gasteiger partial charge in [-0.3, -0.25) is 4.90 Å². The van der Waals surface area contributed by atoms with Crippen molar-refractivity contribution in [3.63, 3.8) is 0 Å². The topological polar surface area (TPSA) is 12.5 Å². The van der Waals surface area contributed by atoms with Crippen LogP contribution in [0.5, 0.6) is 0 Å². The second-order valence-electron chi connectivity index (χ2n) is 6.87. The highest BCUT2D eigenvalue weighted by Gasteiger charge is 2.25. The van der Waals surface area contributed by atoms with Crippen LogP contribution in [0.15, 0.2) is 30.3 Å². The van der Waals surface area contributed by atoms with Gasteiger partial charge in [0.05, 0.1) is 20.3 Å². The molecule has 1 heterocycles. The summed E-state index contributed by atoms with van der Waals surface area (Å²) in [6, 6.07) is 12.5. The number of morpholine rings is 1. The summed E-state index contributed by atoms with van der Waals surface area (Å²) in [5.41, 5.74) is 0. The Morgan fingerprint density at radius 3 is 2.30 bits per heavy atom. The monoisotopic (exact) mass is 291 g/mol. The Balaban J connectivity index is 1.80. The first-order valence-electron chi connectivity index (χ1n) is 7.91. The van der Waals surface area contributed by atoms with Crippen molar-refractivity contribution in [1.82, 2.24) is 4.90 Å². The van der Waals surface area contributed by atoms with Crippen molar-refractivity contribution < 1.29 is 4.74 Å². The summed E-state index contributed by atoms with van der Waals surface area (Å²) in [7, 11) is -1.26. The lowest BCUT2D eigenvalue weighted by Gasteiger charge is -2.35. The Bertz CT molecular complexity index is 397. The van der Waals surface area contributed by atoms with Crippen LogP contribution in [0.1, 0.15) is 20.3 Å². The van der Waals surface area contributed by atoms with Crippen LogP contribution in [0.4, 0.5) is 0 Å². The lowest BCUT2D eigenvalue weighted by Crippen LogP contribution is -2.46. The highest BCUT2D eigenvalue weighted by molar-refractivity contribution is 6.89. The maximum absolute atomic E-state index is 5.80. The Morgan fingerprint density at radius 1 is 1.10 bits per heavy atom. The van der Waals surface area contributed by atoms with E-state index in [-0.39, 0.29) is 0 Å². The highest BCUT2D eigenvalue weighted by atomic mass is 28.3. The third-order valence-electron chi connectivity index (χ3n) is 4.33. The van der Waals surface area contributed by atoms with Gasteiger partial charge in [0.15, 0.2) is 0 Å². The number of hydrogen-bond donors (Lipinski definition) is 0. The molecule has 2 rings (SSSR count). The Kier molecular flexibility index (Phi) is 5.41. The Morgan fingerprint density at radius 2 is 1.70 bits per heavy atom. The first-order chi connectivity index (χ1) is 9.47. The van der Waals surface area contributed by atoms with E-state index in [0.29, 0.717) is 12.2 Å². The van der Waals surface area contributed by atoms with Crippen molar-refractivity contribution in [3.05, 3.63) is 30.3 Å². The summed E-state index contributed by atoms with van der Waals surface area (Å²) < 4.78 is 5.80. The largest absolute Gasteiger partial charge is 0.373 e. The molecule has 1 fully saturated rings. The molecule has 0 saturated carbocycles. The van der Waals surface area contributed by atoms with Gasteiger partial charge in [-0.2, -0.15) is 0 Å². The van der Waals surface area contributed by atoms with Gasteiger partial charge in [0.1, 0.15) is 0 Å². The van der Waals surface area contributed by atoms with Crippen LogP contribution in [0.3, 0.4) is 0 Å². The molecule has 0 N–H and O–H groups in total. The summed E-state index contributed by atoms with van der Waals surface area (Å²) >= 11 is 0. The van der Waals surface area contributed by atoms with Crippen molar-refractivity contribution >= 4 is 13.3 Å². The van der Waals surface area contributed by atoms with Gasteiger partial charge in [-0.1, -0.05) is 54.7 Å². The molecule has 112 valence electrons. The van der Waals surface area contributed by atoms with E-state index < -0.39 is 8.07 Å². The van der Waals surface area contributed by atoms with Crippen molar-refractivity contribution in [3.8, 4) is 0 Å². The summed E-state index contributed by atoms with van der Waals surface area (Å²) in [5, 5.41) is 1.59. The minimum atomic E-state index is -1.26. The van der Waals surface area contributed by atoms with E-state index >= 15 is 0 Å². The Hall–Kier alpha value is -0.643. The molecular formula is C17H29NOSi. The molecule has 20 heavy (non-hydrogen) atoms. The normalized spacial score (nSPS) is 24.8. The van der Waals surface area contributed by atoms with Crippen molar-refractivity contribution in [2.45, 2.75) is 51.6 Å². The van der Waals surface area contributed by atoms with E-state index in [2.05, 4.69) is 62.2 Å². The van der Waals surface area contributed by atoms with Gasteiger partial charge in [0.25, 0.3) is 0 Å². The molecule has 3 heteroatoms. The maximum Gasteiger partial charge on any atom is 0.0806 e. The fraction of sp³-hybridized carbons (Fsp3) is 0.647. The van der Waals surface area contributed by atoms with Crippen LogP contribution in [-0.4, -0.2) is 44.8 Å². The summed E-state index contributed by atoms with van der Waals surface area (Å²) in [5.74, 6) is 0. The number of rotatable bonds is 5. The van der Waals surface area contributed by atoms with E-state index in [1.807, 2.05) is 0 Å². The van der Waals surface area contributed by atoms with E-state index in [1.54, 1.807) is 5.19 Å².